The zero-order chi connectivity index (χ0) is 46.0. The van der Waals surface area contributed by atoms with Crippen LogP contribution in [0.15, 0.2) is 169 Å². The lowest BCUT2D eigenvalue weighted by atomic mass is 9.61. The van der Waals surface area contributed by atoms with E-state index in [0.717, 1.165) is 6.42 Å². The van der Waals surface area contributed by atoms with Gasteiger partial charge in [-0.25, -0.2) is 0 Å². The maximum Gasteiger partial charge on any atom is 0.0596 e. The summed E-state index contributed by atoms with van der Waals surface area (Å²) in [5.41, 5.74) is 22.7. The number of anilines is 7. The van der Waals surface area contributed by atoms with Crippen LogP contribution in [0.5, 0.6) is 0 Å². The summed E-state index contributed by atoms with van der Waals surface area (Å²) >= 11 is 0. The quantitative estimate of drug-likeness (QED) is 0.165. The van der Waals surface area contributed by atoms with Crippen LogP contribution in [0.4, 0.5) is 39.8 Å². The average molecular weight is 862 g/mol. The molecule has 3 atom stereocenters. The molecule has 0 fully saturated rings. The molecule has 0 saturated heterocycles. The Morgan fingerprint density at radius 1 is 0.545 bits per heavy atom. The van der Waals surface area contributed by atoms with Gasteiger partial charge in [0.05, 0.1) is 17.4 Å². The lowest BCUT2D eigenvalue weighted by molar-refractivity contribution is 0.328. The minimum absolute atomic E-state index is 0.0790. The van der Waals surface area contributed by atoms with E-state index in [1.165, 1.54) is 112 Å². The predicted octanol–water partition coefficient (Wildman–Crippen LogP) is 16.8. The van der Waals surface area contributed by atoms with Gasteiger partial charge in [-0.1, -0.05) is 155 Å². The van der Waals surface area contributed by atoms with E-state index in [4.69, 9.17) is 0 Å². The second kappa shape index (κ2) is 15.0. The smallest absolute Gasteiger partial charge is 0.0596 e. The Kier molecular flexibility index (Phi) is 9.55. The molecule has 3 aliphatic carbocycles. The number of allylic oxidation sites excluding steroid dienone is 10. The molecule has 11 rings (SSSR count). The molecule has 66 heavy (non-hydrogen) atoms. The van der Waals surface area contributed by atoms with Crippen molar-refractivity contribution in [2.24, 2.45) is 11.3 Å². The number of hydrogen-bond acceptors (Lipinski definition) is 3. The van der Waals surface area contributed by atoms with E-state index < -0.39 is 0 Å². The topological polar surface area (TPSA) is 9.72 Å². The second-order valence-corrected chi connectivity index (χ2v) is 21.4. The van der Waals surface area contributed by atoms with Crippen LogP contribution < -0.4 is 14.7 Å². The summed E-state index contributed by atoms with van der Waals surface area (Å²) in [7, 11) is 0. The van der Waals surface area contributed by atoms with Crippen molar-refractivity contribution < 1.29 is 0 Å². The maximum absolute atomic E-state index is 2.72. The third-order valence-electron chi connectivity index (χ3n) is 15.9. The Bertz CT molecular complexity index is 3190. The highest BCUT2D eigenvalue weighted by atomic mass is 15.2. The fourth-order valence-corrected chi connectivity index (χ4v) is 12.7. The number of fused-ring (bicyclic) bond motifs is 6. The van der Waals surface area contributed by atoms with Crippen molar-refractivity contribution >= 4 is 50.6 Å². The van der Waals surface area contributed by atoms with Gasteiger partial charge in [0.15, 0.2) is 0 Å². The predicted molar refractivity (Wildman–Crippen MR) is 282 cm³/mol. The summed E-state index contributed by atoms with van der Waals surface area (Å²) < 4.78 is 0. The number of aryl methyl sites for hydroxylation is 6. The van der Waals surface area contributed by atoms with E-state index in [-0.39, 0.29) is 28.2 Å². The van der Waals surface area contributed by atoms with Gasteiger partial charge in [-0.3, -0.25) is 0 Å². The molecule has 0 spiro atoms. The summed E-state index contributed by atoms with van der Waals surface area (Å²) in [4.78, 5) is 7.88. The summed E-state index contributed by atoms with van der Waals surface area (Å²) in [6, 6.07) is 37.8. The maximum atomic E-state index is 2.72. The Labute approximate surface area is 393 Å². The Morgan fingerprint density at radius 2 is 1.15 bits per heavy atom. The second-order valence-electron chi connectivity index (χ2n) is 21.4. The van der Waals surface area contributed by atoms with Gasteiger partial charge in [0.25, 0.3) is 0 Å². The standard InChI is InChI=1S/C63H63N3/c1-39-30-41(3)58(42(4)31-39)64(50-26-24-47-20-16-17-29-63(47,11)38-50)49-27-28-57-53(35-49)62(9,10)55-37-51(36-54-60(55)66(57)56-22-15-14-21-52(56)61(54,7)8)65(59-43(5)32-40(2)33-44(59)6)48-25-23-45-18-12-13-19-46(45)34-48/h12-37,52,56H,38H2,1-11H3. The number of rotatable bonds is 6. The van der Waals surface area contributed by atoms with Gasteiger partial charge >= 0.3 is 0 Å². The summed E-state index contributed by atoms with van der Waals surface area (Å²) in [5, 5.41) is 2.49. The molecule has 3 unspecified atom stereocenters. The van der Waals surface area contributed by atoms with E-state index in [1.54, 1.807) is 0 Å². The minimum Gasteiger partial charge on any atom is -0.333 e. The zero-order valence-corrected chi connectivity index (χ0v) is 40.7. The molecule has 0 aromatic heterocycles. The molecule has 5 aliphatic rings. The molecule has 0 N–H and O–H groups in total. The van der Waals surface area contributed by atoms with Gasteiger partial charge < -0.3 is 14.7 Å². The van der Waals surface area contributed by atoms with Gasteiger partial charge in [0.2, 0.25) is 0 Å². The lowest BCUT2D eigenvalue weighted by Gasteiger charge is -2.56. The van der Waals surface area contributed by atoms with Gasteiger partial charge in [-0.2, -0.15) is 0 Å². The highest BCUT2D eigenvalue weighted by Gasteiger charge is 2.51. The van der Waals surface area contributed by atoms with Crippen molar-refractivity contribution in [3.05, 3.63) is 219 Å². The average Bonchev–Trinajstić information content (AvgIpc) is 3.28. The molecule has 2 heterocycles. The summed E-state index contributed by atoms with van der Waals surface area (Å²) in [6.07, 6.45) is 24.2. The van der Waals surface area contributed by atoms with Crippen molar-refractivity contribution in [3.63, 3.8) is 0 Å². The molecule has 3 heteroatoms. The first-order valence-corrected chi connectivity index (χ1v) is 24.0. The molecular weight excluding hydrogens is 799 g/mol. The van der Waals surface area contributed by atoms with Crippen LogP contribution in [0.3, 0.4) is 0 Å². The molecule has 0 radical (unpaired) electrons. The van der Waals surface area contributed by atoms with Gasteiger partial charge in [0.1, 0.15) is 0 Å². The van der Waals surface area contributed by atoms with Gasteiger partial charge in [-0.15, -0.1) is 0 Å². The summed E-state index contributed by atoms with van der Waals surface area (Å²) in [6.45, 7) is 25.9. The van der Waals surface area contributed by atoms with Crippen LogP contribution in [-0.2, 0) is 10.8 Å². The Morgan fingerprint density at radius 3 is 1.86 bits per heavy atom. The minimum atomic E-state index is -0.356. The van der Waals surface area contributed by atoms with E-state index in [0.29, 0.717) is 0 Å². The first-order chi connectivity index (χ1) is 31.5. The van der Waals surface area contributed by atoms with E-state index >= 15 is 0 Å². The van der Waals surface area contributed by atoms with Crippen molar-refractivity contribution in [1.82, 2.24) is 0 Å². The largest absolute Gasteiger partial charge is 0.333 e. The molecule has 6 aromatic carbocycles. The first kappa shape index (κ1) is 42.1. The first-order valence-electron chi connectivity index (χ1n) is 24.0. The Balaban J connectivity index is 1.17. The van der Waals surface area contributed by atoms with Crippen molar-refractivity contribution in [3.8, 4) is 0 Å². The van der Waals surface area contributed by atoms with Crippen LogP contribution in [0.25, 0.3) is 10.8 Å². The highest BCUT2D eigenvalue weighted by molar-refractivity contribution is 5.93. The molecule has 0 bridgehead atoms. The monoisotopic (exact) mass is 862 g/mol. The van der Waals surface area contributed by atoms with Crippen LogP contribution in [0.2, 0.25) is 0 Å². The number of hydrogen-bond donors (Lipinski definition) is 0. The van der Waals surface area contributed by atoms with Crippen molar-refractivity contribution in [1.29, 1.82) is 0 Å². The molecule has 0 saturated carbocycles. The Hall–Kier alpha value is -6.58. The molecule has 2 aliphatic heterocycles. The van der Waals surface area contributed by atoms with Crippen LogP contribution in [0, 0.1) is 52.9 Å². The molecule has 0 amide bonds. The molecule has 330 valence electrons. The normalized spacial score (nSPS) is 21.4. The van der Waals surface area contributed by atoms with E-state index in [9.17, 15) is 0 Å². The molecular formula is C63H63N3. The summed E-state index contributed by atoms with van der Waals surface area (Å²) in [5.74, 6) is 0.268. The third kappa shape index (κ3) is 6.37. The third-order valence-corrected chi connectivity index (χ3v) is 15.9. The number of nitrogens with zero attached hydrogens (tertiary/aromatic N) is 3. The molecule has 3 nitrogen and oxygen atoms in total. The van der Waals surface area contributed by atoms with Gasteiger partial charge in [0, 0.05) is 62.7 Å². The number of benzene rings is 6. The van der Waals surface area contributed by atoms with Crippen LogP contribution >= 0.6 is 0 Å². The van der Waals surface area contributed by atoms with E-state index in [1.807, 2.05) is 0 Å². The lowest BCUT2D eigenvalue weighted by Crippen LogP contribution is -2.52. The SMILES string of the molecule is Cc1cc(C)c(N(C2=CC=C3C=CC=CC3(C)C2)c2ccc3c(c2)C(C)(C)c2cc(N(c4ccc5ccccc5c4)c4c(C)cc(C)cc4C)cc4c2N3C2C=CC=CC2C4(C)C)c(C)c1. The van der Waals surface area contributed by atoms with Crippen LogP contribution in [0.1, 0.15) is 91.1 Å². The van der Waals surface area contributed by atoms with Crippen molar-refractivity contribution in [2.45, 2.75) is 99.5 Å². The molecule has 6 aromatic rings. The zero-order valence-electron chi connectivity index (χ0n) is 40.7. The van der Waals surface area contributed by atoms with Crippen LogP contribution in [-0.4, -0.2) is 6.04 Å². The fraction of sp³-hybridized carbons (Fsp3) is 0.270. The van der Waals surface area contributed by atoms with Crippen molar-refractivity contribution in [2.75, 3.05) is 14.7 Å². The van der Waals surface area contributed by atoms with Gasteiger partial charge in [-0.05, 0) is 145 Å². The highest BCUT2D eigenvalue weighted by Crippen LogP contribution is 2.61. The van der Waals surface area contributed by atoms with E-state index in [2.05, 4.69) is 249 Å². The fourth-order valence-electron chi connectivity index (χ4n) is 12.7.